The summed E-state index contributed by atoms with van der Waals surface area (Å²) >= 11 is 0.508. The van der Waals surface area contributed by atoms with E-state index in [1.165, 1.54) is 37.6 Å². The van der Waals surface area contributed by atoms with Gasteiger partial charge in [0.05, 0.1) is 33.1 Å². The number of thioether (sulfide) groups is 1. The molecule has 0 saturated heterocycles. The molecule has 4 aromatic rings. The lowest BCUT2D eigenvalue weighted by Gasteiger charge is -2.18. The maximum Gasteiger partial charge on any atom is 0.416 e. The standard InChI is InChI=1S/C26H17F7N2OS/c1-12(18-19(27)21(29)24(37-2)22(30)20(18)28)35-25(36)15-10-14-4-3-5-17(23(14)34-11-15)13-6-8-16(9-7-13)26(31,32)33/h3-12H,1-2H3,(H,35,36). The van der Waals surface area contributed by atoms with Crippen molar-refractivity contribution in [1.82, 2.24) is 10.3 Å². The van der Waals surface area contributed by atoms with Crippen molar-refractivity contribution in [3.8, 4) is 11.1 Å². The number of hydrogen-bond acceptors (Lipinski definition) is 3. The number of pyridine rings is 1. The van der Waals surface area contributed by atoms with E-state index in [4.69, 9.17) is 0 Å². The molecule has 0 bridgehead atoms. The summed E-state index contributed by atoms with van der Waals surface area (Å²) in [5.41, 5.74) is -0.365. The Hall–Kier alpha value is -3.60. The van der Waals surface area contributed by atoms with Gasteiger partial charge < -0.3 is 5.32 Å². The van der Waals surface area contributed by atoms with Crippen LogP contribution in [0.3, 0.4) is 0 Å². The van der Waals surface area contributed by atoms with Gasteiger partial charge >= 0.3 is 6.18 Å². The Morgan fingerprint density at radius 1 is 0.946 bits per heavy atom. The summed E-state index contributed by atoms with van der Waals surface area (Å²) in [5.74, 6) is -7.12. The third kappa shape index (κ3) is 5.00. The Kier molecular flexibility index (Phi) is 7.18. The largest absolute Gasteiger partial charge is 0.416 e. The molecule has 11 heteroatoms. The fourth-order valence-corrected chi connectivity index (χ4v) is 4.43. The van der Waals surface area contributed by atoms with E-state index in [-0.39, 0.29) is 5.56 Å². The Labute approximate surface area is 210 Å². The summed E-state index contributed by atoms with van der Waals surface area (Å²) in [6, 6.07) is 9.44. The number of halogens is 7. The molecule has 1 atom stereocenters. The predicted octanol–water partition coefficient (Wildman–Crippen LogP) is 7.69. The SMILES string of the molecule is CSc1c(F)c(F)c(C(C)NC(=O)c2cnc3c(-c4ccc(C(F)(F)F)cc4)cccc3c2)c(F)c1F. The first kappa shape index (κ1) is 26.5. The number of rotatable bonds is 5. The van der Waals surface area contributed by atoms with Crippen LogP contribution in [0, 0.1) is 23.3 Å². The number of carbonyl (C=O) groups is 1. The molecule has 3 aromatic carbocycles. The van der Waals surface area contributed by atoms with Crippen molar-refractivity contribution in [3.05, 3.63) is 94.7 Å². The summed E-state index contributed by atoms with van der Waals surface area (Å²) in [5, 5.41) is 2.78. The maximum absolute atomic E-state index is 14.5. The minimum absolute atomic E-state index is 0.00795. The van der Waals surface area contributed by atoms with Gasteiger partial charge in [-0.2, -0.15) is 13.2 Å². The number of para-hydroxylation sites is 1. The third-order valence-electron chi connectivity index (χ3n) is 5.74. The van der Waals surface area contributed by atoms with Crippen LogP contribution in [0.15, 0.2) is 59.6 Å². The fraction of sp³-hybridized carbons (Fsp3) is 0.154. The molecule has 0 aliphatic carbocycles. The van der Waals surface area contributed by atoms with Gasteiger partial charge in [-0.3, -0.25) is 9.78 Å². The van der Waals surface area contributed by atoms with Gasteiger partial charge in [-0.05, 0) is 36.9 Å². The molecule has 0 radical (unpaired) electrons. The molecule has 0 fully saturated rings. The monoisotopic (exact) mass is 538 g/mol. The smallest absolute Gasteiger partial charge is 0.345 e. The molecule has 0 saturated carbocycles. The Balaban J connectivity index is 1.63. The molecule has 1 N–H and O–H groups in total. The molecule has 0 spiro atoms. The Morgan fingerprint density at radius 3 is 2.14 bits per heavy atom. The fourth-order valence-electron chi connectivity index (χ4n) is 3.90. The van der Waals surface area contributed by atoms with E-state index < -0.39 is 57.4 Å². The number of hydrogen-bond donors (Lipinski definition) is 1. The van der Waals surface area contributed by atoms with E-state index in [2.05, 4.69) is 10.3 Å². The molecule has 37 heavy (non-hydrogen) atoms. The van der Waals surface area contributed by atoms with Crippen molar-refractivity contribution >= 4 is 28.6 Å². The van der Waals surface area contributed by atoms with Crippen molar-refractivity contribution in [2.24, 2.45) is 0 Å². The highest BCUT2D eigenvalue weighted by atomic mass is 32.2. The van der Waals surface area contributed by atoms with E-state index in [0.717, 1.165) is 12.1 Å². The Morgan fingerprint density at radius 2 is 1.57 bits per heavy atom. The van der Waals surface area contributed by atoms with E-state index >= 15 is 0 Å². The van der Waals surface area contributed by atoms with Crippen LogP contribution >= 0.6 is 11.8 Å². The van der Waals surface area contributed by atoms with Gasteiger partial charge in [0, 0.05) is 17.1 Å². The highest BCUT2D eigenvalue weighted by Crippen LogP contribution is 2.34. The molecule has 1 amide bonds. The van der Waals surface area contributed by atoms with Gasteiger partial charge in [-0.15, -0.1) is 11.8 Å². The molecule has 0 aliphatic rings. The van der Waals surface area contributed by atoms with Crippen molar-refractivity contribution < 1.29 is 35.5 Å². The number of fused-ring (bicyclic) bond motifs is 1. The molecule has 3 nitrogen and oxygen atoms in total. The van der Waals surface area contributed by atoms with E-state index in [9.17, 15) is 35.5 Å². The molecular weight excluding hydrogens is 521 g/mol. The molecule has 1 aromatic heterocycles. The number of benzene rings is 3. The van der Waals surface area contributed by atoms with Crippen LogP contribution < -0.4 is 5.32 Å². The zero-order valence-corrected chi connectivity index (χ0v) is 20.0. The molecule has 1 unspecified atom stereocenters. The second-order valence-electron chi connectivity index (χ2n) is 8.07. The van der Waals surface area contributed by atoms with Crippen molar-refractivity contribution in [2.75, 3.05) is 6.26 Å². The van der Waals surface area contributed by atoms with Crippen LogP contribution in [0.25, 0.3) is 22.0 Å². The first-order valence-electron chi connectivity index (χ1n) is 10.7. The average Bonchev–Trinajstić information content (AvgIpc) is 2.87. The first-order chi connectivity index (χ1) is 17.4. The number of aromatic nitrogens is 1. The van der Waals surface area contributed by atoms with Gasteiger partial charge in [0.15, 0.2) is 23.3 Å². The molecule has 1 heterocycles. The van der Waals surface area contributed by atoms with Crippen molar-refractivity contribution in [3.63, 3.8) is 0 Å². The van der Waals surface area contributed by atoms with Gasteiger partial charge in [0.1, 0.15) is 0 Å². The Bertz CT molecular complexity index is 1480. The lowest BCUT2D eigenvalue weighted by atomic mass is 10.00. The molecular formula is C26H17F7N2OS. The topological polar surface area (TPSA) is 42.0 Å². The van der Waals surface area contributed by atoms with Crippen LogP contribution in [-0.2, 0) is 6.18 Å². The van der Waals surface area contributed by atoms with Crippen LogP contribution in [0.2, 0.25) is 0 Å². The van der Waals surface area contributed by atoms with E-state index in [0.29, 0.717) is 33.8 Å². The number of alkyl halides is 3. The predicted molar refractivity (Wildman–Crippen MR) is 126 cm³/mol. The summed E-state index contributed by atoms with van der Waals surface area (Å²) < 4.78 is 95.9. The van der Waals surface area contributed by atoms with Crippen LogP contribution in [0.4, 0.5) is 30.7 Å². The summed E-state index contributed by atoms with van der Waals surface area (Å²) in [7, 11) is 0. The molecule has 0 aliphatic heterocycles. The molecule has 192 valence electrons. The quantitative estimate of drug-likeness (QED) is 0.161. The lowest BCUT2D eigenvalue weighted by Crippen LogP contribution is -2.28. The van der Waals surface area contributed by atoms with Crippen molar-refractivity contribution in [1.29, 1.82) is 0 Å². The average molecular weight is 538 g/mol. The summed E-state index contributed by atoms with van der Waals surface area (Å²) in [4.78, 5) is 16.2. The second-order valence-corrected chi connectivity index (χ2v) is 8.89. The minimum atomic E-state index is -4.48. The third-order valence-corrected chi connectivity index (χ3v) is 6.50. The maximum atomic E-state index is 14.5. The second kappa shape index (κ2) is 10.0. The van der Waals surface area contributed by atoms with Crippen LogP contribution in [0.1, 0.15) is 34.5 Å². The zero-order valence-electron chi connectivity index (χ0n) is 19.2. The van der Waals surface area contributed by atoms with Crippen LogP contribution in [-0.4, -0.2) is 17.1 Å². The highest BCUT2D eigenvalue weighted by Gasteiger charge is 2.30. The highest BCUT2D eigenvalue weighted by molar-refractivity contribution is 7.98. The van der Waals surface area contributed by atoms with E-state index in [1.807, 2.05) is 0 Å². The number of nitrogens with one attached hydrogen (secondary N) is 1. The molecule has 4 rings (SSSR count). The first-order valence-corrected chi connectivity index (χ1v) is 11.9. The van der Waals surface area contributed by atoms with Gasteiger partial charge in [0.25, 0.3) is 5.91 Å². The summed E-state index contributed by atoms with van der Waals surface area (Å²) in [6.45, 7) is 1.17. The lowest BCUT2D eigenvalue weighted by molar-refractivity contribution is -0.137. The number of nitrogens with zero attached hydrogens (tertiary/aromatic N) is 1. The van der Waals surface area contributed by atoms with Crippen molar-refractivity contribution in [2.45, 2.75) is 24.0 Å². The summed E-state index contributed by atoms with van der Waals surface area (Å²) in [6.07, 6.45) is -2.03. The number of carbonyl (C=O) groups excluding carboxylic acids is 1. The zero-order chi connectivity index (χ0) is 27.1. The normalized spacial score (nSPS) is 12.6. The van der Waals surface area contributed by atoms with Crippen LogP contribution in [0.5, 0.6) is 0 Å². The van der Waals surface area contributed by atoms with Gasteiger partial charge in [-0.1, -0.05) is 30.3 Å². The minimum Gasteiger partial charge on any atom is -0.345 e. The van der Waals surface area contributed by atoms with Gasteiger partial charge in [-0.25, -0.2) is 17.6 Å². The number of amides is 1. The van der Waals surface area contributed by atoms with Gasteiger partial charge in [0.2, 0.25) is 0 Å². The van der Waals surface area contributed by atoms with E-state index in [1.54, 1.807) is 18.2 Å².